The number of rotatable bonds is 29. The standard InChI is InChI=1S/C50H55N9O16S2/c1-31(55-34-6-13-39(42(24-34)50(67)68)49-40-14-7-35(60)25-43(40)75-44-26-36(61)8-15-41(44)49)53-16-20-73-22-23-74-21-17-54-45(62)27-58(28-46(63)56-32-2-9-37(10-3-32)76(51,69)70)18-19-59(30-48(65)66)29-47(64)57-33-4-11-38(12-5-33)77(52,71)72/h2-15,24-26,53,55,60H,1,16-23,27-30H2,(H,54,62)(H,56,63)(H,57,64)(H,65,66)(H,67,68)(H2,51,69,70)(H2,52,71,72). The van der Waals surface area contributed by atoms with E-state index in [1.807, 2.05) is 0 Å². The highest BCUT2D eigenvalue weighted by molar-refractivity contribution is 7.89. The molecule has 0 saturated heterocycles. The van der Waals surface area contributed by atoms with Gasteiger partial charge in [0.2, 0.25) is 37.8 Å². The summed E-state index contributed by atoms with van der Waals surface area (Å²) in [4.78, 5) is 78.0. The maximum absolute atomic E-state index is 13.1. The van der Waals surface area contributed by atoms with Gasteiger partial charge < -0.3 is 55.8 Å². The first-order valence-corrected chi connectivity index (χ1v) is 26.3. The van der Waals surface area contributed by atoms with Crippen molar-refractivity contribution in [2.24, 2.45) is 10.3 Å². The normalized spacial score (nSPS) is 11.6. The van der Waals surface area contributed by atoms with E-state index in [1.54, 1.807) is 24.3 Å². The molecule has 408 valence electrons. The van der Waals surface area contributed by atoms with Crippen LogP contribution in [0.15, 0.2) is 135 Å². The molecule has 1 aliphatic carbocycles. The van der Waals surface area contributed by atoms with Gasteiger partial charge in [-0.25, -0.2) is 31.9 Å². The number of amides is 3. The summed E-state index contributed by atoms with van der Waals surface area (Å²) in [6.45, 7) is 3.05. The van der Waals surface area contributed by atoms with Gasteiger partial charge in [-0.1, -0.05) is 12.6 Å². The maximum Gasteiger partial charge on any atom is 0.336 e. The predicted molar refractivity (Wildman–Crippen MR) is 282 cm³/mol. The van der Waals surface area contributed by atoms with E-state index in [1.165, 1.54) is 88.7 Å². The SMILES string of the molecule is C=C(NCCOCCOCCNC(=O)CN(CCN(CC(=O)O)CC(=O)Nc1ccc(S(N)(=O)=O)cc1)CC(=O)Nc1ccc(S(N)(=O)=O)cc1)Nc1ccc(-c2c3ccc(=O)cc-3oc3cc(O)ccc23)c(C(=O)O)c1. The zero-order valence-corrected chi connectivity index (χ0v) is 42.7. The van der Waals surface area contributed by atoms with Crippen LogP contribution >= 0.6 is 0 Å². The van der Waals surface area contributed by atoms with E-state index in [0.717, 1.165) is 0 Å². The van der Waals surface area contributed by atoms with Crippen LogP contribution in [0.4, 0.5) is 17.1 Å². The Morgan fingerprint density at radius 3 is 1.66 bits per heavy atom. The lowest BCUT2D eigenvalue weighted by atomic mass is 9.90. The molecule has 27 heteroatoms. The molecule has 1 heterocycles. The maximum atomic E-state index is 13.1. The first-order valence-electron chi connectivity index (χ1n) is 23.2. The number of nitrogens with two attached hydrogens (primary N) is 2. The molecule has 0 unspecified atom stereocenters. The van der Waals surface area contributed by atoms with Crippen molar-refractivity contribution in [3.63, 3.8) is 0 Å². The molecule has 25 nitrogen and oxygen atoms in total. The average Bonchev–Trinajstić information content (AvgIpc) is 3.37. The molecule has 0 bridgehead atoms. The summed E-state index contributed by atoms with van der Waals surface area (Å²) in [7, 11) is -7.98. The van der Waals surface area contributed by atoms with E-state index < -0.39 is 62.8 Å². The van der Waals surface area contributed by atoms with Crippen molar-refractivity contribution < 1.29 is 70.0 Å². The number of carbonyl (C=O) groups is 5. The molecular weight excluding hydrogens is 1050 g/mol. The number of carboxylic acids is 2. The molecule has 77 heavy (non-hydrogen) atoms. The van der Waals surface area contributed by atoms with Gasteiger partial charge in [0, 0.05) is 71.9 Å². The van der Waals surface area contributed by atoms with Crippen LogP contribution in [0.2, 0.25) is 0 Å². The molecule has 0 radical (unpaired) electrons. The minimum absolute atomic E-state index is 0.0484. The first-order chi connectivity index (χ1) is 36.5. The summed E-state index contributed by atoms with van der Waals surface area (Å²) in [5, 5.41) is 54.7. The Labute approximate surface area is 440 Å². The van der Waals surface area contributed by atoms with Crippen molar-refractivity contribution in [3.05, 3.63) is 131 Å². The highest BCUT2D eigenvalue weighted by Crippen LogP contribution is 2.42. The number of sulfonamides is 2. The second-order valence-corrected chi connectivity index (χ2v) is 20.2. The Morgan fingerprint density at radius 2 is 1.12 bits per heavy atom. The summed E-state index contributed by atoms with van der Waals surface area (Å²) >= 11 is 0. The van der Waals surface area contributed by atoms with Crippen LogP contribution in [0, 0.1) is 0 Å². The highest BCUT2D eigenvalue weighted by atomic mass is 32.2. The van der Waals surface area contributed by atoms with E-state index in [4.69, 9.17) is 24.2 Å². The lowest BCUT2D eigenvalue weighted by Crippen LogP contribution is -2.46. The summed E-state index contributed by atoms with van der Waals surface area (Å²) < 4.78 is 63.6. The van der Waals surface area contributed by atoms with Gasteiger partial charge >= 0.3 is 11.9 Å². The minimum Gasteiger partial charge on any atom is -0.508 e. The zero-order valence-electron chi connectivity index (χ0n) is 41.0. The summed E-state index contributed by atoms with van der Waals surface area (Å²) in [5.74, 6) is -3.75. The van der Waals surface area contributed by atoms with Crippen LogP contribution in [0.5, 0.6) is 5.75 Å². The molecule has 2 aliphatic rings. The van der Waals surface area contributed by atoms with Crippen LogP contribution in [0.25, 0.3) is 33.4 Å². The summed E-state index contributed by atoms with van der Waals surface area (Å²) in [5.41, 5.74) is 2.12. The molecule has 0 spiro atoms. The third kappa shape index (κ3) is 17.7. The van der Waals surface area contributed by atoms with Crippen LogP contribution < -0.4 is 42.3 Å². The average molecular weight is 1100 g/mol. The summed E-state index contributed by atoms with van der Waals surface area (Å²) in [6, 6.07) is 23.4. The molecule has 0 fully saturated rings. The van der Waals surface area contributed by atoms with Gasteiger partial charge in [-0.05, 0) is 90.5 Å². The number of hydrogen-bond donors (Lipinski definition) is 10. The van der Waals surface area contributed by atoms with Crippen molar-refractivity contribution in [3.8, 4) is 28.2 Å². The lowest BCUT2D eigenvalue weighted by Gasteiger charge is -2.26. The van der Waals surface area contributed by atoms with Crippen LogP contribution in [-0.4, -0.2) is 150 Å². The van der Waals surface area contributed by atoms with Crippen molar-refractivity contribution in [2.45, 2.75) is 9.79 Å². The van der Waals surface area contributed by atoms with Gasteiger partial charge in [0.1, 0.15) is 17.1 Å². The van der Waals surface area contributed by atoms with Gasteiger partial charge in [-0.2, -0.15) is 0 Å². The molecule has 6 rings (SSSR count). The third-order valence-corrected chi connectivity index (χ3v) is 13.0. The Bertz CT molecular complexity index is 3390. The van der Waals surface area contributed by atoms with E-state index in [2.05, 4.69) is 33.2 Å². The number of nitrogens with zero attached hydrogens (tertiary/aromatic N) is 2. The fraction of sp³-hybridized carbons (Fsp3) is 0.240. The van der Waals surface area contributed by atoms with Gasteiger partial charge in [0.25, 0.3) is 0 Å². The highest BCUT2D eigenvalue weighted by Gasteiger charge is 2.24. The van der Waals surface area contributed by atoms with Crippen molar-refractivity contribution in [1.82, 2.24) is 20.4 Å². The number of aromatic hydroxyl groups is 1. The fourth-order valence-corrected chi connectivity index (χ4v) is 8.70. The number of aliphatic carboxylic acids is 1. The quantitative estimate of drug-likeness (QED) is 0.0237. The number of phenols is 1. The Balaban J connectivity index is 0.942. The van der Waals surface area contributed by atoms with Gasteiger partial charge in [-0.3, -0.25) is 33.8 Å². The molecule has 4 aromatic carbocycles. The van der Waals surface area contributed by atoms with Crippen molar-refractivity contribution in [2.75, 3.05) is 94.7 Å². The van der Waals surface area contributed by atoms with Crippen molar-refractivity contribution >= 4 is 77.7 Å². The van der Waals surface area contributed by atoms with Crippen molar-refractivity contribution in [1.29, 1.82) is 0 Å². The molecule has 0 atom stereocenters. The number of ether oxygens (including phenoxy) is 2. The second-order valence-electron chi connectivity index (χ2n) is 17.0. The molecule has 12 N–H and O–H groups in total. The number of fused-ring (bicyclic) bond motifs is 2. The number of hydrogen-bond acceptors (Lipinski definition) is 18. The number of carbonyl (C=O) groups excluding carboxylic acids is 3. The third-order valence-electron chi connectivity index (χ3n) is 11.1. The largest absolute Gasteiger partial charge is 0.508 e. The number of nitrogens with one attached hydrogen (secondary N) is 5. The molecule has 3 amide bonds. The molecule has 1 aliphatic heterocycles. The van der Waals surface area contributed by atoms with E-state index in [-0.39, 0.29) is 108 Å². The monoisotopic (exact) mass is 1100 g/mol. The Hall–Kier alpha value is -8.28. The lowest BCUT2D eigenvalue weighted by molar-refractivity contribution is -0.139. The van der Waals surface area contributed by atoms with Crippen LogP contribution in [-0.2, 0) is 48.7 Å². The minimum atomic E-state index is -4.00. The number of carboxylic acid groups (broad SMARTS) is 2. The summed E-state index contributed by atoms with van der Waals surface area (Å²) in [6.07, 6.45) is 0. The Morgan fingerprint density at radius 1 is 0.597 bits per heavy atom. The van der Waals surface area contributed by atoms with E-state index in [0.29, 0.717) is 40.1 Å². The number of aromatic carboxylic acids is 1. The molecule has 0 saturated carbocycles. The Kier molecular flexibility index (Phi) is 19.9. The van der Waals surface area contributed by atoms with Gasteiger partial charge in [-0.15, -0.1) is 0 Å². The predicted octanol–water partition coefficient (Wildman–Crippen LogP) is 1.85. The molecule has 0 aromatic heterocycles. The van der Waals surface area contributed by atoms with Crippen LogP contribution in [0.1, 0.15) is 10.4 Å². The van der Waals surface area contributed by atoms with Gasteiger partial charge in [0.05, 0.1) is 73.8 Å². The second kappa shape index (κ2) is 26.5. The topological polar surface area (TPSA) is 382 Å². The smallest absolute Gasteiger partial charge is 0.336 e. The first kappa shape index (κ1) is 58.0. The molecular formula is C50H55N9O16S2. The number of anilines is 3. The number of primary sulfonamides is 2. The zero-order chi connectivity index (χ0) is 55.9. The number of benzene rings is 5. The fourth-order valence-electron chi connectivity index (χ4n) is 7.67. The number of phenolic OH excluding ortho intramolecular Hbond substituents is 1. The molecule has 4 aromatic rings. The van der Waals surface area contributed by atoms with Gasteiger partial charge in [0.15, 0.2) is 5.43 Å². The van der Waals surface area contributed by atoms with E-state index in [9.17, 15) is 60.9 Å². The van der Waals surface area contributed by atoms with E-state index >= 15 is 0 Å². The van der Waals surface area contributed by atoms with Crippen LogP contribution in [0.3, 0.4) is 0 Å².